The van der Waals surface area contributed by atoms with Crippen LogP contribution in [0.5, 0.6) is 5.75 Å². The maximum atomic E-state index is 12.3. The number of amides is 1. The van der Waals surface area contributed by atoms with Crippen molar-refractivity contribution in [3.8, 4) is 5.75 Å². The van der Waals surface area contributed by atoms with Gasteiger partial charge in [-0.15, -0.1) is 0 Å². The van der Waals surface area contributed by atoms with Crippen molar-refractivity contribution >= 4 is 40.5 Å². The number of hydrogen-bond donors (Lipinski definition) is 1. The Kier molecular flexibility index (Phi) is 6.58. The molecular formula is C26H19ClN2O3. The molecule has 4 aromatic rings. The summed E-state index contributed by atoms with van der Waals surface area (Å²) in [5, 5.41) is 6.70. The standard InChI is InChI=1S/C26H19ClN2O3/c27-22-13-11-20(12-14-22)26(31)32-23-9-3-5-18(15-23)17-28-29-25(30)16-21-8-4-7-19-6-1-2-10-24(19)21/h1-15,17H,16H2,(H,29,30)/b28-17-. The molecule has 0 aliphatic carbocycles. The number of nitrogens with zero attached hydrogens (tertiary/aromatic N) is 1. The van der Waals surface area contributed by atoms with Gasteiger partial charge in [0.2, 0.25) is 5.91 Å². The first-order valence-electron chi connectivity index (χ1n) is 9.95. The number of nitrogens with one attached hydrogen (secondary N) is 1. The van der Waals surface area contributed by atoms with Crippen LogP contribution in [0.25, 0.3) is 10.8 Å². The van der Waals surface area contributed by atoms with Crippen LogP contribution < -0.4 is 10.2 Å². The average molecular weight is 443 g/mol. The zero-order chi connectivity index (χ0) is 22.3. The van der Waals surface area contributed by atoms with Crippen molar-refractivity contribution < 1.29 is 14.3 Å². The van der Waals surface area contributed by atoms with E-state index in [4.69, 9.17) is 16.3 Å². The van der Waals surface area contributed by atoms with E-state index in [0.717, 1.165) is 16.3 Å². The summed E-state index contributed by atoms with van der Waals surface area (Å²) in [4.78, 5) is 24.6. The highest BCUT2D eigenvalue weighted by atomic mass is 35.5. The Hall–Kier alpha value is -3.96. The van der Waals surface area contributed by atoms with Crippen molar-refractivity contribution in [3.63, 3.8) is 0 Å². The van der Waals surface area contributed by atoms with E-state index in [-0.39, 0.29) is 12.3 Å². The number of esters is 1. The second kappa shape index (κ2) is 9.90. The number of benzene rings is 4. The molecule has 0 saturated heterocycles. The van der Waals surface area contributed by atoms with Crippen LogP contribution in [0.4, 0.5) is 0 Å². The van der Waals surface area contributed by atoms with Crippen molar-refractivity contribution in [1.29, 1.82) is 0 Å². The summed E-state index contributed by atoms with van der Waals surface area (Å²) in [5.74, 6) is -0.335. The summed E-state index contributed by atoms with van der Waals surface area (Å²) in [5.41, 5.74) is 4.56. The molecule has 0 aliphatic heterocycles. The summed E-state index contributed by atoms with van der Waals surface area (Å²) in [6.07, 6.45) is 1.72. The van der Waals surface area contributed by atoms with E-state index in [2.05, 4.69) is 10.5 Å². The lowest BCUT2D eigenvalue weighted by Gasteiger charge is -2.06. The van der Waals surface area contributed by atoms with E-state index < -0.39 is 5.97 Å². The zero-order valence-electron chi connectivity index (χ0n) is 17.0. The van der Waals surface area contributed by atoms with Crippen LogP contribution in [-0.4, -0.2) is 18.1 Å². The predicted molar refractivity (Wildman–Crippen MR) is 126 cm³/mol. The molecule has 0 atom stereocenters. The van der Waals surface area contributed by atoms with Crippen molar-refractivity contribution in [2.75, 3.05) is 0 Å². The predicted octanol–water partition coefficient (Wildman–Crippen LogP) is 5.41. The molecule has 0 aliphatic rings. The lowest BCUT2D eigenvalue weighted by atomic mass is 10.0. The van der Waals surface area contributed by atoms with Crippen LogP contribution in [0.15, 0.2) is 96.1 Å². The summed E-state index contributed by atoms with van der Waals surface area (Å²) in [6, 6.07) is 27.1. The van der Waals surface area contributed by atoms with E-state index in [1.807, 2.05) is 42.5 Å². The maximum Gasteiger partial charge on any atom is 0.343 e. The van der Waals surface area contributed by atoms with Crippen LogP contribution in [0.1, 0.15) is 21.5 Å². The molecule has 0 bridgehead atoms. The van der Waals surface area contributed by atoms with Gasteiger partial charge in [0, 0.05) is 5.02 Å². The summed E-state index contributed by atoms with van der Waals surface area (Å²) < 4.78 is 5.40. The number of fused-ring (bicyclic) bond motifs is 1. The SMILES string of the molecule is O=C(Cc1cccc2ccccc12)N/N=C\c1cccc(OC(=O)c2ccc(Cl)cc2)c1. The Labute approximate surface area is 190 Å². The van der Waals surface area contributed by atoms with Crippen LogP contribution in [0.3, 0.4) is 0 Å². The van der Waals surface area contributed by atoms with Gasteiger partial charge in [-0.25, -0.2) is 10.2 Å². The number of hydrogen-bond acceptors (Lipinski definition) is 4. The average Bonchev–Trinajstić information content (AvgIpc) is 2.80. The molecule has 4 rings (SSSR count). The summed E-state index contributed by atoms with van der Waals surface area (Å²) in [6.45, 7) is 0. The molecule has 0 saturated carbocycles. The second-order valence-electron chi connectivity index (χ2n) is 7.08. The number of ether oxygens (including phenoxy) is 1. The fraction of sp³-hybridized carbons (Fsp3) is 0.0385. The molecule has 0 fully saturated rings. The van der Waals surface area contributed by atoms with E-state index in [0.29, 0.717) is 21.9 Å². The van der Waals surface area contributed by atoms with Crippen molar-refractivity contribution in [1.82, 2.24) is 5.43 Å². The number of hydrazone groups is 1. The quantitative estimate of drug-likeness (QED) is 0.188. The Bertz CT molecular complexity index is 1290. The second-order valence-corrected chi connectivity index (χ2v) is 7.51. The Morgan fingerprint density at radius 1 is 0.906 bits per heavy atom. The molecule has 1 amide bonds. The van der Waals surface area contributed by atoms with Crippen molar-refractivity contribution in [2.45, 2.75) is 6.42 Å². The highest BCUT2D eigenvalue weighted by molar-refractivity contribution is 6.30. The van der Waals surface area contributed by atoms with Gasteiger partial charge in [0.25, 0.3) is 0 Å². The summed E-state index contributed by atoms with van der Waals surface area (Å²) in [7, 11) is 0. The van der Waals surface area contributed by atoms with E-state index in [1.165, 1.54) is 6.21 Å². The fourth-order valence-electron chi connectivity index (χ4n) is 3.25. The first kappa shape index (κ1) is 21.3. The molecular weight excluding hydrogens is 424 g/mol. The summed E-state index contributed by atoms with van der Waals surface area (Å²) >= 11 is 5.84. The van der Waals surface area contributed by atoms with Crippen LogP contribution >= 0.6 is 11.6 Å². The third-order valence-electron chi connectivity index (χ3n) is 4.78. The number of carbonyl (C=O) groups is 2. The fourth-order valence-corrected chi connectivity index (χ4v) is 3.37. The van der Waals surface area contributed by atoms with Gasteiger partial charge in [0.1, 0.15) is 5.75 Å². The minimum absolute atomic E-state index is 0.220. The van der Waals surface area contributed by atoms with Crippen LogP contribution in [0.2, 0.25) is 5.02 Å². The molecule has 1 N–H and O–H groups in total. The third-order valence-corrected chi connectivity index (χ3v) is 5.03. The minimum atomic E-state index is -0.487. The molecule has 0 radical (unpaired) electrons. The molecule has 32 heavy (non-hydrogen) atoms. The zero-order valence-corrected chi connectivity index (χ0v) is 17.8. The van der Waals surface area contributed by atoms with Gasteiger partial charge in [-0.2, -0.15) is 5.10 Å². The molecule has 158 valence electrons. The van der Waals surface area contributed by atoms with Gasteiger partial charge in [0.05, 0.1) is 18.2 Å². The number of carbonyl (C=O) groups excluding carboxylic acids is 2. The van der Waals surface area contributed by atoms with Gasteiger partial charge >= 0.3 is 5.97 Å². The number of halogens is 1. The van der Waals surface area contributed by atoms with Gasteiger partial charge in [0.15, 0.2) is 0 Å². The largest absolute Gasteiger partial charge is 0.423 e. The molecule has 5 nitrogen and oxygen atoms in total. The van der Waals surface area contributed by atoms with Gasteiger partial charge < -0.3 is 4.74 Å². The highest BCUT2D eigenvalue weighted by Crippen LogP contribution is 2.19. The molecule has 0 unspecified atom stereocenters. The highest BCUT2D eigenvalue weighted by Gasteiger charge is 2.09. The Morgan fingerprint density at radius 2 is 1.66 bits per heavy atom. The lowest BCUT2D eigenvalue weighted by molar-refractivity contribution is -0.120. The smallest absolute Gasteiger partial charge is 0.343 e. The van der Waals surface area contributed by atoms with Gasteiger partial charge in [-0.3, -0.25) is 4.79 Å². The van der Waals surface area contributed by atoms with Gasteiger partial charge in [-0.1, -0.05) is 66.2 Å². The Morgan fingerprint density at radius 3 is 2.50 bits per heavy atom. The van der Waals surface area contributed by atoms with E-state index >= 15 is 0 Å². The Balaban J connectivity index is 1.36. The topological polar surface area (TPSA) is 67.8 Å². The maximum absolute atomic E-state index is 12.3. The first-order valence-corrected chi connectivity index (χ1v) is 10.3. The molecule has 4 aromatic carbocycles. The third kappa shape index (κ3) is 5.39. The number of rotatable bonds is 6. The first-order chi connectivity index (χ1) is 15.6. The molecule has 6 heteroatoms. The normalized spacial score (nSPS) is 10.9. The molecule has 0 heterocycles. The van der Waals surface area contributed by atoms with Crippen molar-refractivity contribution in [2.24, 2.45) is 5.10 Å². The van der Waals surface area contributed by atoms with Crippen LogP contribution in [-0.2, 0) is 11.2 Å². The monoisotopic (exact) mass is 442 g/mol. The van der Waals surface area contributed by atoms with Crippen molar-refractivity contribution in [3.05, 3.63) is 113 Å². The molecule has 0 aromatic heterocycles. The lowest BCUT2D eigenvalue weighted by Crippen LogP contribution is -2.19. The molecule has 0 spiro atoms. The minimum Gasteiger partial charge on any atom is -0.423 e. The van der Waals surface area contributed by atoms with E-state index in [1.54, 1.807) is 48.5 Å². The van der Waals surface area contributed by atoms with E-state index in [9.17, 15) is 9.59 Å². The van der Waals surface area contributed by atoms with Crippen LogP contribution in [0, 0.1) is 0 Å². The van der Waals surface area contributed by atoms with Gasteiger partial charge in [-0.05, 0) is 58.3 Å².